The van der Waals surface area contributed by atoms with E-state index in [9.17, 15) is 4.79 Å². The molecule has 0 atom stereocenters. The number of aldehydes is 1. The van der Waals surface area contributed by atoms with E-state index in [2.05, 4.69) is 4.98 Å². The minimum atomic E-state index is 0.213. The molecule has 18 heavy (non-hydrogen) atoms. The van der Waals surface area contributed by atoms with E-state index < -0.39 is 0 Å². The van der Waals surface area contributed by atoms with Crippen LogP contribution in [0.3, 0.4) is 0 Å². The molecular weight excluding hydrogens is 316 g/mol. The van der Waals surface area contributed by atoms with E-state index >= 15 is 0 Å². The van der Waals surface area contributed by atoms with E-state index in [0.29, 0.717) is 37.5 Å². The van der Waals surface area contributed by atoms with E-state index in [1.807, 2.05) is 0 Å². The quantitative estimate of drug-likeness (QED) is 0.714. The molecule has 1 aromatic carbocycles. The highest BCUT2D eigenvalue weighted by Crippen LogP contribution is 2.38. The summed E-state index contributed by atoms with van der Waals surface area (Å²) < 4.78 is 0. The number of benzene rings is 1. The lowest BCUT2D eigenvalue weighted by Gasteiger charge is -2.10. The fourth-order valence-electron chi connectivity index (χ4n) is 1.54. The van der Waals surface area contributed by atoms with Gasteiger partial charge in [0.1, 0.15) is 5.69 Å². The molecule has 92 valence electrons. The summed E-state index contributed by atoms with van der Waals surface area (Å²) in [4.78, 5) is 14.9. The van der Waals surface area contributed by atoms with Crippen molar-refractivity contribution in [1.29, 1.82) is 0 Å². The molecule has 0 fully saturated rings. The number of pyridine rings is 1. The highest BCUT2D eigenvalue weighted by Gasteiger charge is 2.15. The Morgan fingerprint density at radius 2 is 1.56 bits per heavy atom. The molecule has 0 aliphatic carbocycles. The van der Waals surface area contributed by atoms with Crippen molar-refractivity contribution in [2.24, 2.45) is 0 Å². The second-order valence-corrected chi connectivity index (χ2v) is 5.14. The molecule has 0 aliphatic heterocycles. The van der Waals surface area contributed by atoms with Gasteiger partial charge in [0.15, 0.2) is 6.29 Å². The molecule has 0 saturated carbocycles. The molecule has 0 amide bonds. The Kier molecular flexibility index (Phi) is 4.13. The first-order chi connectivity index (χ1) is 8.52. The van der Waals surface area contributed by atoms with E-state index in [1.165, 1.54) is 6.20 Å². The van der Waals surface area contributed by atoms with Crippen LogP contribution < -0.4 is 0 Å². The number of carbonyl (C=O) groups is 1. The van der Waals surface area contributed by atoms with Crippen LogP contribution in [-0.4, -0.2) is 11.3 Å². The summed E-state index contributed by atoms with van der Waals surface area (Å²) in [5.74, 6) is 0. The summed E-state index contributed by atoms with van der Waals surface area (Å²) in [5, 5.41) is 1.47. The Bertz CT molecular complexity index is 604. The number of halogens is 4. The Morgan fingerprint density at radius 3 is 2.11 bits per heavy atom. The maximum atomic E-state index is 11.0. The third-order valence-corrected chi connectivity index (χ3v) is 3.29. The highest BCUT2D eigenvalue weighted by atomic mass is 35.5. The third kappa shape index (κ3) is 2.62. The second kappa shape index (κ2) is 5.45. The maximum absolute atomic E-state index is 11.0. The Hall–Kier alpha value is -0.800. The minimum absolute atomic E-state index is 0.213. The molecule has 0 N–H and O–H groups in total. The number of hydrogen-bond acceptors (Lipinski definition) is 2. The van der Waals surface area contributed by atoms with Gasteiger partial charge in [0.05, 0.1) is 15.1 Å². The van der Waals surface area contributed by atoms with Gasteiger partial charge in [0, 0.05) is 22.3 Å². The average Bonchev–Trinajstić information content (AvgIpc) is 2.28. The number of nitrogens with zero attached hydrogens (tertiary/aromatic N) is 1. The molecule has 1 aromatic heterocycles. The molecule has 0 spiro atoms. The van der Waals surface area contributed by atoms with Crippen LogP contribution in [-0.2, 0) is 0 Å². The lowest BCUT2D eigenvalue weighted by Crippen LogP contribution is -1.93. The molecule has 0 radical (unpaired) electrons. The number of carbonyl (C=O) groups excluding carboxylic acids is 1. The van der Waals surface area contributed by atoms with Crippen LogP contribution in [0.25, 0.3) is 11.1 Å². The molecule has 0 bridgehead atoms. The monoisotopic (exact) mass is 319 g/mol. The van der Waals surface area contributed by atoms with Gasteiger partial charge in [-0.05, 0) is 18.2 Å². The Labute approximate surface area is 123 Å². The molecule has 6 heteroatoms. The van der Waals surface area contributed by atoms with Crippen LogP contribution in [0.15, 0.2) is 24.4 Å². The largest absolute Gasteiger partial charge is 0.296 e. The summed E-state index contributed by atoms with van der Waals surface area (Å²) >= 11 is 23.9. The molecule has 1 heterocycles. The summed E-state index contributed by atoms with van der Waals surface area (Å²) in [6.07, 6.45) is 2.00. The maximum Gasteiger partial charge on any atom is 0.169 e. The zero-order valence-corrected chi connectivity index (χ0v) is 11.8. The van der Waals surface area contributed by atoms with E-state index in [0.717, 1.165) is 0 Å². The predicted octanol–water partition coefficient (Wildman–Crippen LogP) is 5.17. The van der Waals surface area contributed by atoms with Gasteiger partial charge in [-0.3, -0.25) is 9.78 Å². The molecule has 2 rings (SSSR count). The van der Waals surface area contributed by atoms with Crippen LogP contribution in [0.4, 0.5) is 0 Å². The van der Waals surface area contributed by atoms with E-state index in [4.69, 9.17) is 46.4 Å². The lowest BCUT2D eigenvalue weighted by atomic mass is 10.0. The van der Waals surface area contributed by atoms with Gasteiger partial charge >= 0.3 is 0 Å². The zero-order chi connectivity index (χ0) is 13.3. The van der Waals surface area contributed by atoms with E-state index in [-0.39, 0.29) is 5.69 Å². The molecule has 0 unspecified atom stereocenters. The zero-order valence-electron chi connectivity index (χ0n) is 8.75. The summed E-state index contributed by atoms with van der Waals surface area (Å²) in [6.45, 7) is 0. The van der Waals surface area contributed by atoms with Crippen molar-refractivity contribution in [3.63, 3.8) is 0 Å². The first kappa shape index (κ1) is 13.6. The standard InChI is InChI=1S/C12H5Cl4NO/c13-6-2-9(15)12(10(16)3-6)8-1-7(14)4-17-11(8)5-18/h1-5H. The van der Waals surface area contributed by atoms with Crippen molar-refractivity contribution in [1.82, 2.24) is 4.98 Å². The molecule has 2 aromatic rings. The predicted molar refractivity (Wildman–Crippen MR) is 75.1 cm³/mol. The lowest BCUT2D eigenvalue weighted by molar-refractivity contribution is 0.111. The van der Waals surface area contributed by atoms with Crippen LogP contribution in [0.1, 0.15) is 10.5 Å². The van der Waals surface area contributed by atoms with Crippen LogP contribution in [0.2, 0.25) is 20.1 Å². The van der Waals surface area contributed by atoms with Gasteiger partial charge in [0.2, 0.25) is 0 Å². The summed E-state index contributed by atoms with van der Waals surface area (Å²) in [6, 6.07) is 4.67. The van der Waals surface area contributed by atoms with Gasteiger partial charge < -0.3 is 0 Å². The smallest absolute Gasteiger partial charge is 0.169 e. The minimum Gasteiger partial charge on any atom is -0.296 e. The third-order valence-electron chi connectivity index (χ3n) is 2.27. The SMILES string of the molecule is O=Cc1ncc(Cl)cc1-c1c(Cl)cc(Cl)cc1Cl. The Morgan fingerprint density at radius 1 is 0.944 bits per heavy atom. The molecule has 2 nitrogen and oxygen atoms in total. The normalized spacial score (nSPS) is 10.4. The van der Waals surface area contributed by atoms with Gasteiger partial charge in [0.25, 0.3) is 0 Å². The molecular formula is C12H5Cl4NO. The van der Waals surface area contributed by atoms with E-state index in [1.54, 1.807) is 18.2 Å². The van der Waals surface area contributed by atoms with Crippen molar-refractivity contribution in [3.05, 3.63) is 50.2 Å². The average molecular weight is 321 g/mol. The summed E-state index contributed by atoms with van der Waals surface area (Å²) in [7, 11) is 0. The second-order valence-electron chi connectivity index (χ2n) is 3.45. The van der Waals surface area contributed by atoms with Gasteiger partial charge in [-0.2, -0.15) is 0 Å². The number of hydrogen-bond donors (Lipinski definition) is 0. The van der Waals surface area contributed by atoms with Crippen LogP contribution in [0.5, 0.6) is 0 Å². The molecule has 0 saturated heterocycles. The van der Waals surface area contributed by atoms with Gasteiger partial charge in [-0.1, -0.05) is 46.4 Å². The Balaban J connectivity index is 2.76. The molecule has 0 aliphatic rings. The fraction of sp³-hybridized carbons (Fsp3) is 0. The number of aromatic nitrogens is 1. The first-order valence-electron chi connectivity index (χ1n) is 4.78. The summed E-state index contributed by atoms with van der Waals surface area (Å²) in [5.41, 5.74) is 1.18. The van der Waals surface area contributed by atoms with Gasteiger partial charge in [-0.15, -0.1) is 0 Å². The topological polar surface area (TPSA) is 30.0 Å². The van der Waals surface area contributed by atoms with Crippen LogP contribution >= 0.6 is 46.4 Å². The van der Waals surface area contributed by atoms with Gasteiger partial charge in [-0.25, -0.2) is 0 Å². The number of rotatable bonds is 2. The highest BCUT2D eigenvalue weighted by molar-refractivity contribution is 6.42. The van der Waals surface area contributed by atoms with Crippen molar-refractivity contribution >= 4 is 52.7 Å². The van der Waals surface area contributed by atoms with Crippen molar-refractivity contribution in [2.75, 3.05) is 0 Å². The van der Waals surface area contributed by atoms with Crippen molar-refractivity contribution in [3.8, 4) is 11.1 Å². The van der Waals surface area contributed by atoms with Crippen molar-refractivity contribution in [2.45, 2.75) is 0 Å². The van der Waals surface area contributed by atoms with Crippen molar-refractivity contribution < 1.29 is 4.79 Å². The first-order valence-corrected chi connectivity index (χ1v) is 6.29. The fourth-order valence-corrected chi connectivity index (χ4v) is 2.72. The van der Waals surface area contributed by atoms with Crippen LogP contribution in [0, 0.1) is 0 Å².